The van der Waals surface area contributed by atoms with Crippen LogP contribution in [0.3, 0.4) is 0 Å². The molecule has 0 saturated carbocycles. The number of amides is 1. The van der Waals surface area contributed by atoms with Gasteiger partial charge in [0.1, 0.15) is 11.5 Å². The summed E-state index contributed by atoms with van der Waals surface area (Å²) in [6.45, 7) is 1.99. The number of anilines is 1. The predicted octanol–water partition coefficient (Wildman–Crippen LogP) is 3.31. The summed E-state index contributed by atoms with van der Waals surface area (Å²) in [7, 11) is 1.61. The van der Waals surface area contributed by atoms with Crippen molar-refractivity contribution in [1.82, 2.24) is 5.32 Å². The molecule has 2 aromatic carbocycles. The molecule has 1 aliphatic heterocycles. The van der Waals surface area contributed by atoms with Crippen molar-refractivity contribution in [3.05, 3.63) is 58.5 Å². The number of aryl methyl sites for hydroxylation is 1. The zero-order valence-corrected chi connectivity index (χ0v) is 14.2. The molecule has 1 heterocycles. The van der Waals surface area contributed by atoms with Crippen LogP contribution in [0.5, 0.6) is 11.5 Å². The van der Waals surface area contributed by atoms with Gasteiger partial charge in [-0.2, -0.15) is 0 Å². The molecule has 1 saturated heterocycles. The fourth-order valence-electron chi connectivity index (χ4n) is 2.39. The molecule has 0 bridgehead atoms. The van der Waals surface area contributed by atoms with Crippen molar-refractivity contribution in [1.29, 1.82) is 0 Å². The van der Waals surface area contributed by atoms with Crippen LogP contribution in [0.1, 0.15) is 11.1 Å². The number of carbonyl (C=O) groups is 1. The van der Waals surface area contributed by atoms with Crippen LogP contribution in [0, 0.1) is 6.92 Å². The molecule has 6 heteroatoms. The van der Waals surface area contributed by atoms with Gasteiger partial charge >= 0.3 is 0 Å². The van der Waals surface area contributed by atoms with Gasteiger partial charge in [0.05, 0.1) is 17.7 Å². The molecule has 5 nitrogen and oxygen atoms in total. The number of thioether (sulfide) groups is 1. The summed E-state index contributed by atoms with van der Waals surface area (Å²) in [6, 6.07) is 12.7. The number of para-hydroxylation sites is 1. The minimum absolute atomic E-state index is 0.148. The third-order valence-electron chi connectivity index (χ3n) is 3.60. The minimum Gasteiger partial charge on any atom is -0.507 e. The number of methoxy groups -OCH3 is 1. The highest BCUT2D eigenvalue weighted by Crippen LogP contribution is 2.34. The molecule has 24 heavy (non-hydrogen) atoms. The lowest BCUT2D eigenvalue weighted by Gasteiger charge is -2.16. The smallest absolute Gasteiger partial charge is 0.260 e. The summed E-state index contributed by atoms with van der Waals surface area (Å²) in [4.78, 5) is 12.7. The zero-order valence-electron chi connectivity index (χ0n) is 13.4. The Kier molecular flexibility index (Phi) is 4.66. The van der Waals surface area contributed by atoms with Crippen molar-refractivity contribution < 1.29 is 14.6 Å². The number of ether oxygens (including phenoxy) is 1. The molecule has 1 unspecified atom stereocenters. The van der Waals surface area contributed by atoms with E-state index in [0.717, 1.165) is 11.3 Å². The molecule has 1 amide bonds. The Morgan fingerprint density at radius 1 is 1.29 bits per heavy atom. The fourth-order valence-corrected chi connectivity index (χ4v) is 3.36. The summed E-state index contributed by atoms with van der Waals surface area (Å²) in [5.74, 6) is 0.691. The Balaban J connectivity index is 1.78. The van der Waals surface area contributed by atoms with Gasteiger partial charge in [0, 0.05) is 5.56 Å². The molecular weight excluding hydrogens is 324 g/mol. The molecular formula is C18H18N2O3S. The SMILES string of the molecule is COc1ccc(C)cc1NC1NC(=O)/C(=C/c2ccccc2O)S1. The molecule has 3 rings (SSSR count). The van der Waals surface area contributed by atoms with E-state index >= 15 is 0 Å². The standard InChI is InChI=1S/C18H18N2O3S/c1-11-7-8-15(23-2)13(9-11)19-18-20-17(22)16(24-18)10-12-5-3-4-6-14(12)21/h3-10,18-19,21H,1-2H3,(H,20,22)/b16-10-. The quantitative estimate of drug-likeness (QED) is 0.744. The third kappa shape index (κ3) is 3.49. The maximum Gasteiger partial charge on any atom is 0.260 e. The Bertz CT molecular complexity index is 805. The number of carbonyl (C=O) groups excluding carboxylic acids is 1. The van der Waals surface area contributed by atoms with Crippen LogP contribution in [0.15, 0.2) is 47.4 Å². The highest BCUT2D eigenvalue weighted by molar-refractivity contribution is 8.05. The summed E-state index contributed by atoms with van der Waals surface area (Å²) < 4.78 is 5.34. The van der Waals surface area contributed by atoms with E-state index in [0.29, 0.717) is 16.2 Å². The van der Waals surface area contributed by atoms with Gasteiger partial charge in [-0.3, -0.25) is 4.79 Å². The van der Waals surface area contributed by atoms with E-state index < -0.39 is 0 Å². The first-order valence-corrected chi connectivity index (χ1v) is 8.33. The highest BCUT2D eigenvalue weighted by Gasteiger charge is 2.28. The molecule has 0 aromatic heterocycles. The number of hydrogen-bond donors (Lipinski definition) is 3. The Morgan fingerprint density at radius 2 is 2.08 bits per heavy atom. The first-order chi connectivity index (χ1) is 11.6. The van der Waals surface area contributed by atoms with E-state index in [2.05, 4.69) is 10.6 Å². The van der Waals surface area contributed by atoms with Crippen molar-refractivity contribution in [3.63, 3.8) is 0 Å². The first kappa shape index (κ1) is 16.3. The largest absolute Gasteiger partial charge is 0.507 e. The van der Waals surface area contributed by atoms with Crippen LogP contribution >= 0.6 is 11.8 Å². The number of phenolic OH excluding ortho intramolecular Hbond substituents is 1. The monoisotopic (exact) mass is 342 g/mol. The maximum atomic E-state index is 12.2. The molecule has 0 radical (unpaired) electrons. The molecule has 0 aliphatic carbocycles. The van der Waals surface area contributed by atoms with Crippen LogP contribution in [-0.2, 0) is 4.79 Å². The van der Waals surface area contributed by atoms with Crippen LogP contribution in [-0.4, -0.2) is 23.6 Å². The van der Waals surface area contributed by atoms with Gasteiger partial charge in [-0.05, 0) is 36.8 Å². The first-order valence-electron chi connectivity index (χ1n) is 7.45. The topological polar surface area (TPSA) is 70.6 Å². The zero-order chi connectivity index (χ0) is 17.1. The minimum atomic E-state index is -0.301. The summed E-state index contributed by atoms with van der Waals surface area (Å²) in [5.41, 5.74) is 2.23. The Hall–Kier alpha value is -2.60. The molecule has 124 valence electrons. The van der Waals surface area contributed by atoms with E-state index in [1.165, 1.54) is 11.8 Å². The van der Waals surface area contributed by atoms with Gasteiger partial charge in [-0.1, -0.05) is 36.0 Å². The second-order valence-electron chi connectivity index (χ2n) is 5.39. The summed E-state index contributed by atoms with van der Waals surface area (Å²) >= 11 is 1.36. The van der Waals surface area contributed by atoms with Crippen molar-refractivity contribution in [2.24, 2.45) is 0 Å². The number of aromatic hydroxyl groups is 1. The second-order valence-corrected chi connectivity index (χ2v) is 6.53. The van der Waals surface area contributed by atoms with Crippen LogP contribution < -0.4 is 15.4 Å². The van der Waals surface area contributed by atoms with Gasteiger partial charge in [-0.15, -0.1) is 0 Å². The molecule has 1 fully saturated rings. The van der Waals surface area contributed by atoms with Crippen molar-refractivity contribution in [3.8, 4) is 11.5 Å². The van der Waals surface area contributed by atoms with E-state index in [1.807, 2.05) is 31.2 Å². The van der Waals surface area contributed by atoms with E-state index in [9.17, 15) is 9.90 Å². The van der Waals surface area contributed by atoms with Gasteiger partial charge in [0.2, 0.25) is 0 Å². The van der Waals surface area contributed by atoms with Gasteiger partial charge in [0.15, 0.2) is 5.50 Å². The number of nitrogens with one attached hydrogen (secondary N) is 2. The number of benzene rings is 2. The lowest BCUT2D eigenvalue weighted by atomic mass is 10.2. The predicted molar refractivity (Wildman–Crippen MR) is 97.0 cm³/mol. The average molecular weight is 342 g/mol. The van der Waals surface area contributed by atoms with E-state index in [1.54, 1.807) is 31.4 Å². The highest BCUT2D eigenvalue weighted by atomic mass is 32.2. The molecule has 1 atom stereocenters. The fraction of sp³-hybridized carbons (Fsp3) is 0.167. The van der Waals surface area contributed by atoms with Crippen molar-refractivity contribution in [2.45, 2.75) is 12.4 Å². The Morgan fingerprint density at radius 3 is 2.83 bits per heavy atom. The van der Waals surface area contributed by atoms with E-state index in [4.69, 9.17) is 4.74 Å². The summed E-state index contributed by atoms with van der Waals surface area (Å²) in [5, 5.41) is 16.0. The average Bonchev–Trinajstić information content (AvgIpc) is 2.89. The Labute approximate surface area is 144 Å². The summed E-state index contributed by atoms with van der Waals surface area (Å²) in [6.07, 6.45) is 1.69. The van der Waals surface area contributed by atoms with Gasteiger partial charge in [-0.25, -0.2) is 0 Å². The number of rotatable bonds is 4. The van der Waals surface area contributed by atoms with Crippen LogP contribution in [0.25, 0.3) is 6.08 Å². The van der Waals surface area contributed by atoms with E-state index in [-0.39, 0.29) is 17.2 Å². The van der Waals surface area contributed by atoms with Gasteiger partial charge < -0.3 is 20.5 Å². The lowest BCUT2D eigenvalue weighted by Crippen LogP contribution is -2.31. The van der Waals surface area contributed by atoms with Gasteiger partial charge in [0.25, 0.3) is 5.91 Å². The molecule has 1 aliphatic rings. The number of hydrogen-bond acceptors (Lipinski definition) is 5. The third-order valence-corrected chi connectivity index (χ3v) is 4.62. The van der Waals surface area contributed by atoms with Crippen molar-refractivity contribution in [2.75, 3.05) is 12.4 Å². The molecule has 2 aromatic rings. The maximum absolute atomic E-state index is 12.2. The molecule has 3 N–H and O–H groups in total. The normalized spacial score (nSPS) is 18.5. The number of phenols is 1. The van der Waals surface area contributed by atoms with Crippen molar-refractivity contribution >= 4 is 29.4 Å². The molecule has 0 spiro atoms. The second kappa shape index (κ2) is 6.88. The van der Waals surface area contributed by atoms with Crippen LogP contribution in [0.2, 0.25) is 0 Å². The lowest BCUT2D eigenvalue weighted by molar-refractivity contribution is -0.116. The van der Waals surface area contributed by atoms with Crippen LogP contribution in [0.4, 0.5) is 5.69 Å².